The van der Waals surface area contributed by atoms with Crippen molar-refractivity contribution in [1.82, 2.24) is 15.1 Å². The van der Waals surface area contributed by atoms with Crippen LogP contribution in [-0.4, -0.2) is 22.4 Å². The second-order valence-electron chi connectivity index (χ2n) is 5.37. The minimum Gasteiger partial charge on any atom is -0.314 e. The van der Waals surface area contributed by atoms with Gasteiger partial charge in [-0.25, -0.2) is 0 Å². The number of hydrogen-bond donors (Lipinski definition) is 1. The molecule has 0 saturated heterocycles. The average Bonchev–Trinajstić information content (AvgIpc) is 2.60. The maximum atomic E-state index is 4.53. The van der Waals surface area contributed by atoms with Crippen molar-refractivity contribution in [2.45, 2.75) is 60.0 Å². The molecule has 104 valence electrons. The molecule has 4 heteroatoms. The van der Waals surface area contributed by atoms with Gasteiger partial charge in [0.25, 0.3) is 0 Å². The molecule has 1 aromatic rings. The Bertz CT molecular complexity index is 371. The van der Waals surface area contributed by atoms with E-state index in [2.05, 4.69) is 65.6 Å². The molecule has 0 aromatic carbocycles. The number of aryl methyl sites for hydroxylation is 2. The number of rotatable bonds is 7. The van der Waals surface area contributed by atoms with Crippen LogP contribution in [0.15, 0.2) is 4.47 Å². The summed E-state index contributed by atoms with van der Waals surface area (Å²) in [5.41, 5.74) is 2.44. The van der Waals surface area contributed by atoms with Crippen molar-refractivity contribution >= 4 is 15.9 Å². The maximum Gasteiger partial charge on any atom is 0.0738 e. The van der Waals surface area contributed by atoms with Gasteiger partial charge in [-0.3, -0.25) is 4.68 Å². The Kier molecular flexibility index (Phi) is 6.36. The normalized spacial score (nSPS) is 13.3. The average molecular weight is 316 g/mol. The number of hydrogen-bond acceptors (Lipinski definition) is 2. The number of aromatic nitrogens is 2. The van der Waals surface area contributed by atoms with E-state index >= 15 is 0 Å². The summed E-state index contributed by atoms with van der Waals surface area (Å²) in [7, 11) is 0. The van der Waals surface area contributed by atoms with Crippen molar-refractivity contribution < 1.29 is 0 Å². The molecule has 0 bridgehead atoms. The van der Waals surface area contributed by atoms with Gasteiger partial charge in [0.2, 0.25) is 0 Å². The summed E-state index contributed by atoms with van der Waals surface area (Å²) >= 11 is 3.66. The van der Waals surface area contributed by atoms with Gasteiger partial charge in [-0.05, 0) is 55.1 Å². The quantitative estimate of drug-likeness (QED) is 0.834. The molecule has 1 N–H and O–H groups in total. The SMILES string of the molecule is CCn1nc(C)c(Br)c1CCC(C)CNC(C)C. The van der Waals surface area contributed by atoms with Gasteiger partial charge in [-0.1, -0.05) is 20.8 Å². The summed E-state index contributed by atoms with van der Waals surface area (Å²) in [6, 6.07) is 0.572. The largest absolute Gasteiger partial charge is 0.314 e. The van der Waals surface area contributed by atoms with Crippen LogP contribution in [0.2, 0.25) is 0 Å². The van der Waals surface area contributed by atoms with E-state index in [1.165, 1.54) is 16.6 Å². The third-order valence-corrected chi connectivity index (χ3v) is 4.23. The molecule has 0 aliphatic rings. The minimum absolute atomic E-state index is 0.572. The Labute approximate surface area is 119 Å². The fourth-order valence-electron chi connectivity index (χ4n) is 2.03. The molecule has 0 aliphatic heterocycles. The van der Waals surface area contributed by atoms with Gasteiger partial charge in [-0.2, -0.15) is 5.10 Å². The predicted octanol–water partition coefficient (Wildman–Crippen LogP) is 3.54. The zero-order valence-electron chi connectivity index (χ0n) is 12.3. The lowest BCUT2D eigenvalue weighted by atomic mass is 10.0. The van der Waals surface area contributed by atoms with E-state index < -0.39 is 0 Å². The lowest BCUT2D eigenvalue weighted by molar-refractivity contribution is 0.446. The highest BCUT2D eigenvalue weighted by atomic mass is 79.9. The molecule has 1 heterocycles. The van der Waals surface area contributed by atoms with E-state index in [-0.39, 0.29) is 0 Å². The van der Waals surface area contributed by atoms with Gasteiger partial charge in [0.05, 0.1) is 15.9 Å². The predicted molar refractivity (Wildman–Crippen MR) is 81.0 cm³/mol. The van der Waals surface area contributed by atoms with Gasteiger partial charge < -0.3 is 5.32 Å². The number of halogens is 1. The van der Waals surface area contributed by atoms with Gasteiger partial charge in [0.1, 0.15) is 0 Å². The number of nitrogens with one attached hydrogen (secondary N) is 1. The van der Waals surface area contributed by atoms with E-state index in [9.17, 15) is 0 Å². The highest BCUT2D eigenvalue weighted by Gasteiger charge is 2.13. The fourth-order valence-corrected chi connectivity index (χ4v) is 2.51. The van der Waals surface area contributed by atoms with Crippen LogP contribution in [0.4, 0.5) is 0 Å². The Balaban J connectivity index is 2.52. The van der Waals surface area contributed by atoms with E-state index in [0.717, 1.165) is 25.2 Å². The first kappa shape index (κ1) is 15.7. The van der Waals surface area contributed by atoms with E-state index in [0.29, 0.717) is 12.0 Å². The van der Waals surface area contributed by atoms with Crippen molar-refractivity contribution in [1.29, 1.82) is 0 Å². The molecule has 0 spiro atoms. The Morgan fingerprint density at radius 2 is 2.00 bits per heavy atom. The van der Waals surface area contributed by atoms with Crippen LogP contribution < -0.4 is 5.32 Å². The first-order valence-corrected chi connectivity index (χ1v) is 7.70. The van der Waals surface area contributed by atoms with Crippen molar-refractivity contribution in [3.63, 3.8) is 0 Å². The van der Waals surface area contributed by atoms with Crippen molar-refractivity contribution in [2.75, 3.05) is 6.54 Å². The summed E-state index contributed by atoms with van der Waals surface area (Å²) in [6.07, 6.45) is 2.29. The monoisotopic (exact) mass is 315 g/mol. The van der Waals surface area contributed by atoms with Crippen molar-refractivity contribution in [2.24, 2.45) is 5.92 Å². The summed E-state index contributed by atoms with van der Waals surface area (Å²) in [5, 5.41) is 8.03. The standard InChI is InChI=1S/C14H26BrN3/c1-6-18-13(14(15)12(5)17-18)8-7-11(4)9-16-10(2)3/h10-11,16H,6-9H2,1-5H3. The van der Waals surface area contributed by atoms with Crippen LogP contribution in [-0.2, 0) is 13.0 Å². The first-order valence-electron chi connectivity index (χ1n) is 6.90. The van der Waals surface area contributed by atoms with Gasteiger partial charge in [-0.15, -0.1) is 0 Å². The second kappa shape index (κ2) is 7.29. The Morgan fingerprint density at radius 1 is 1.33 bits per heavy atom. The van der Waals surface area contributed by atoms with Crippen LogP contribution in [0.3, 0.4) is 0 Å². The van der Waals surface area contributed by atoms with Crippen LogP contribution in [0.1, 0.15) is 45.5 Å². The number of nitrogens with zero attached hydrogens (tertiary/aromatic N) is 2. The minimum atomic E-state index is 0.572. The lowest BCUT2D eigenvalue weighted by Gasteiger charge is -2.15. The highest BCUT2D eigenvalue weighted by Crippen LogP contribution is 2.23. The molecule has 0 saturated carbocycles. The molecule has 1 unspecified atom stereocenters. The summed E-state index contributed by atoms with van der Waals surface area (Å²) in [5.74, 6) is 0.694. The summed E-state index contributed by atoms with van der Waals surface area (Å²) in [4.78, 5) is 0. The Hall–Kier alpha value is -0.350. The maximum absolute atomic E-state index is 4.53. The molecule has 1 rings (SSSR count). The molecule has 1 atom stereocenters. The zero-order valence-corrected chi connectivity index (χ0v) is 13.8. The van der Waals surface area contributed by atoms with Crippen LogP contribution in [0.25, 0.3) is 0 Å². The highest BCUT2D eigenvalue weighted by molar-refractivity contribution is 9.10. The van der Waals surface area contributed by atoms with Crippen molar-refractivity contribution in [3.05, 3.63) is 15.9 Å². The third kappa shape index (κ3) is 4.39. The van der Waals surface area contributed by atoms with Crippen LogP contribution >= 0.6 is 15.9 Å². The van der Waals surface area contributed by atoms with E-state index in [1.807, 2.05) is 0 Å². The topological polar surface area (TPSA) is 29.9 Å². The fraction of sp³-hybridized carbons (Fsp3) is 0.786. The van der Waals surface area contributed by atoms with Crippen LogP contribution in [0.5, 0.6) is 0 Å². The zero-order chi connectivity index (χ0) is 13.7. The third-order valence-electron chi connectivity index (χ3n) is 3.20. The van der Waals surface area contributed by atoms with Crippen molar-refractivity contribution in [3.8, 4) is 0 Å². The second-order valence-corrected chi connectivity index (χ2v) is 6.16. The molecular weight excluding hydrogens is 290 g/mol. The molecule has 0 radical (unpaired) electrons. The summed E-state index contributed by atoms with van der Waals surface area (Å²) < 4.78 is 3.30. The summed E-state index contributed by atoms with van der Waals surface area (Å²) in [6.45, 7) is 12.9. The smallest absolute Gasteiger partial charge is 0.0738 e. The van der Waals surface area contributed by atoms with E-state index in [1.54, 1.807) is 0 Å². The Morgan fingerprint density at radius 3 is 2.56 bits per heavy atom. The first-order chi connectivity index (χ1) is 8.45. The molecule has 3 nitrogen and oxygen atoms in total. The molecular formula is C14H26BrN3. The molecule has 1 aromatic heterocycles. The van der Waals surface area contributed by atoms with Gasteiger partial charge >= 0.3 is 0 Å². The van der Waals surface area contributed by atoms with E-state index in [4.69, 9.17) is 0 Å². The van der Waals surface area contributed by atoms with Crippen LogP contribution in [0, 0.1) is 12.8 Å². The molecule has 0 amide bonds. The molecule has 0 fully saturated rings. The molecule has 18 heavy (non-hydrogen) atoms. The van der Waals surface area contributed by atoms with Gasteiger partial charge in [0.15, 0.2) is 0 Å². The molecule has 0 aliphatic carbocycles. The lowest BCUT2D eigenvalue weighted by Crippen LogP contribution is -2.28. The van der Waals surface area contributed by atoms with Gasteiger partial charge in [0, 0.05) is 12.6 Å².